The number of amides is 1. The van der Waals surface area contributed by atoms with Crippen molar-refractivity contribution < 1.29 is 9.90 Å². The molecule has 2 aromatic heterocycles. The van der Waals surface area contributed by atoms with Gasteiger partial charge in [0.05, 0.1) is 6.10 Å². The Bertz CT molecular complexity index is 828. The molecule has 2 aromatic rings. The minimum atomic E-state index is -0.414. The molecule has 7 nitrogen and oxygen atoms in total. The molecule has 1 saturated carbocycles. The van der Waals surface area contributed by atoms with Crippen LogP contribution in [0.15, 0.2) is 35.4 Å². The van der Waals surface area contributed by atoms with E-state index in [-0.39, 0.29) is 30.5 Å². The van der Waals surface area contributed by atoms with E-state index in [4.69, 9.17) is 0 Å². The first-order chi connectivity index (χ1) is 12.4. The van der Waals surface area contributed by atoms with Gasteiger partial charge in [0.25, 0.3) is 0 Å². The fourth-order valence-electron chi connectivity index (χ4n) is 3.43. The summed E-state index contributed by atoms with van der Waals surface area (Å²) in [6.07, 6.45) is 5.20. The first-order valence-electron chi connectivity index (χ1n) is 8.84. The predicted molar refractivity (Wildman–Crippen MR) is 96.6 cm³/mol. The number of aromatic nitrogens is 3. The van der Waals surface area contributed by atoms with Gasteiger partial charge in [0.2, 0.25) is 5.91 Å². The number of nitrogens with zero attached hydrogens (tertiary/aromatic N) is 3. The maximum absolute atomic E-state index is 12.6. The highest BCUT2D eigenvalue weighted by Crippen LogP contribution is 2.31. The molecule has 0 radical (unpaired) electrons. The number of carbonyl (C=O) groups is 1. The highest BCUT2D eigenvalue weighted by atomic mass is 16.3. The summed E-state index contributed by atoms with van der Waals surface area (Å²) in [6.45, 7) is 3.49. The van der Waals surface area contributed by atoms with Crippen LogP contribution in [0, 0.1) is 19.8 Å². The summed E-state index contributed by atoms with van der Waals surface area (Å²) in [7, 11) is 0. The van der Waals surface area contributed by atoms with Crippen LogP contribution in [0.4, 0.5) is 0 Å². The van der Waals surface area contributed by atoms with Crippen molar-refractivity contribution >= 4 is 5.91 Å². The number of aliphatic hydroxyl groups excluding tert-OH is 1. The van der Waals surface area contributed by atoms with Gasteiger partial charge in [-0.1, -0.05) is 0 Å². The van der Waals surface area contributed by atoms with Crippen LogP contribution in [0.2, 0.25) is 0 Å². The number of pyridine rings is 1. The van der Waals surface area contributed by atoms with Crippen LogP contribution >= 0.6 is 0 Å². The molecule has 0 spiro atoms. The Hall–Kier alpha value is -2.54. The summed E-state index contributed by atoms with van der Waals surface area (Å²) in [6, 6.07) is 5.55. The number of nitrogens with one attached hydrogen (secondary N) is 1. The van der Waals surface area contributed by atoms with Gasteiger partial charge in [-0.05, 0) is 62.8 Å². The molecule has 1 fully saturated rings. The number of carbonyl (C=O) groups excluding carboxylic acids is 1. The van der Waals surface area contributed by atoms with Crippen molar-refractivity contribution in [3.63, 3.8) is 0 Å². The second kappa shape index (κ2) is 7.78. The maximum atomic E-state index is 12.6. The molecule has 2 heterocycles. The van der Waals surface area contributed by atoms with Crippen molar-refractivity contribution in [1.29, 1.82) is 0 Å². The fraction of sp³-hybridized carbons (Fsp3) is 0.474. The quantitative estimate of drug-likeness (QED) is 0.796. The summed E-state index contributed by atoms with van der Waals surface area (Å²) in [4.78, 5) is 32.5. The van der Waals surface area contributed by atoms with Gasteiger partial charge >= 0.3 is 5.69 Å². The lowest BCUT2D eigenvalue weighted by atomic mass is 9.75. The van der Waals surface area contributed by atoms with Crippen LogP contribution < -0.4 is 11.0 Å². The average molecular weight is 356 g/mol. The lowest BCUT2D eigenvalue weighted by molar-refractivity contribution is -0.123. The van der Waals surface area contributed by atoms with Gasteiger partial charge in [-0.15, -0.1) is 0 Å². The van der Waals surface area contributed by atoms with Gasteiger partial charge in [-0.2, -0.15) is 4.98 Å². The van der Waals surface area contributed by atoms with E-state index >= 15 is 0 Å². The van der Waals surface area contributed by atoms with E-state index in [0.717, 1.165) is 5.56 Å². The molecule has 2 N–H and O–H groups in total. The highest BCUT2D eigenvalue weighted by Gasteiger charge is 2.34. The van der Waals surface area contributed by atoms with Crippen LogP contribution in [-0.4, -0.2) is 37.7 Å². The number of hydrogen-bond donors (Lipinski definition) is 2. The zero-order valence-corrected chi connectivity index (χ0v) is 15.1. The molecule has 1 atom stereocenters. The molecule has 1 aliphatic rings. The van der Waals surface area contributed by atoms with E-state index < -0.39 is 5.69 Å². The zero-order valence-electron chi connectivity index (χ0n) is 15.1. The van der Waals surface area contributed by atoms with Crippen molar-refractivity contribution in [3.8, 4) is 0 Å². The minimum Gasteiger partial charge on any atom is -0.393 e. The van der Waals surface area contributed by atoms with Crippen molar-refractivity contribution in [3.05, 3.63) is 58.0 Å². The Morgan fingerprint density at radius 2 is 2.04 bits per heavy atom. The number of aryl methyl sites for hydroxylation is 2. The zero-order chi connectivity index (χ0) is 18.7. The minimum absolute atomic E-state index is 0.0555. The summed E-state index contributed by atoms with van der Waals surface area (Å²) >= 11 is 0. The van der Waals surface area contributed by atoms with Crippen molar-refractivity contribution in [2.45, 2.75) is 51.8 Å². The first-order valence-corrected chi connectivity index (χ1v) is 8.84. The molecular formula is C19H24N4O3. The van der Waals surface area contributed by atoms with Crippen LogP contribution in [0.5, 0.6) is 0 Å². The van der Waals surface area contributed by atoms with Crippen LogP contribution in [-0.2, 0) is 17.8 Å². The molecule has 0 aromatic carbocycles. The monoisotopic (exact) mass is 356 g/mol. The second-order valence-electron chi connectivity index (χ2n) is 7.03. The Labute approximate surface area is 152 Å². The summed E-state index contributed by atoms with van der Waals surface area (Å²) in [5.74, 6) is 0.0115. The topological polar surface area (TPSA) is 97.1 Å². The third-order valence-electron chi connectivity index (χ3n) is 4.92. The third kappa shape index (κ3) is 4.35. The Balaban J connectivity index is 1.70. The van der Waals surface area contributed by atoms with E-state index in [1.165, 1.54) is 4.57 Å². The summed E-state index contributed by atoms with van der Waals surface area (Å²) in [5.41, 5.74) is 2.02. The molecule has 0 bridgehead atoms. The van der Waals surface area contributed by atoms with Crippen LogP contribution in [0.3, 0.4) is 0 Å². The largest absolute Gasteiger partial charge is 0.393 e. The van der Waals surface area contributed by atoms with E-state index in [2.05, 4.69) is 15.3 Å². The molecule has 0 saturated heterocycles. The van der Waals surface area contributed by atoms with Crippen LogP contribution in [0.1, 0.15) is 29.8 Å². The normalized spacial score (nSPS) is 20.3. The van der Waals surface area contributed by atoms with Gasteiger partial charge in [0, 0.05) is 29.8 Å². The van der Waals surface area contributed by atoms with E-state index in [1.807, 2.05) is 12.1 Å². The van der Waals surface area contributed by atoms with Crippen molar-refractivity contribution in [2.75, 3.05) is 0 Å². The van der Waals surface area contributed by atoms with Gasteiger partial charge < -0.3 is 10.4 Å². The Morgan fingerprint density at radius 3 is 2.65 bits per heavy atom. The maximum Gasteiger partial charge on any atom is 0.348 e. The molecule has 1 aliphatic carbocycles. The summed E-state index contributed by atoms with van der Waals surface area (Å²) in [5, 5.41) is 12.7. The molecule has 3 rings (SSSR count). The lowest BCUT2D eigenvalue weighted by Gasteiger charge is -2.38. The van der Waals surface area contributed by atoms with E-state index in [0.29, 0.717) is 30.7 Å². The smallest absolute Gasteiger partial charge is 0.348 e. The molecule has 0 aliphatic heterocycles. The predicted octanol–water partition coefficient (Wildman–Crippen LogP) is 0.754. The van der Waals surface area contributed by atoms with Gasteiger partial charge in [0.15, 0.2) is 0 Å². The molecule has 0 unspecified atom stereocenters. The SMILES string of the molecule is Cc1cc(C)n(CC(=O)N[C@@H](Cc2ccncc2)C2CC(O)C2)c(=O)n1. The molecule has 7 heteroatoms. The van der Waals surface area contributed by atoms with Gasteiger partial charge in [0.1, 0.15) is 6.54 Å². The number of rotatable bonds is 6. The summed E-state index contributed by atoms with van der Waals surface area (Å²) < 4.78 is 1.38. The Morgan fingerprint density at radius 1 is 1.35 bits per heavy atom. The van der Waals surface area contributed by atoms with Crippen molar-refractivity contribution in [1.82, 2.24) is 19.9 Å². The van der Waals surface area contributed by atoms with E-state index in [9.17, 15) is 14.7 Å². The average Bonchev–Trinajstić information content (AvgIpc) is 2.55. The van der Waals surface area contributed by atoms with Gasteiger partial charge in [-0.25, -0.2) is 4.79 Å². The first kappa shape index (κ1) is 18.3. The Kier molecular flexibility index (Phi) is 5.46. The van der Waals surface area contributed by atoms with E-state index in [1.54, 1.807) is 32.3 Å². The number of hydrogen-bond acceptors (Lipinski definition) is 5. The highest BCUT2D eigenvalue weighted by molar-refractivity contribution is 5.76. The molecule has 138 valence electrons. The lowest BCUT2D eigenvalue weighted by Crippen LogP contribution is -2.49. The van der Waals surface area contributed by atoms with Gasteiger partial charge in [-0.3, -0.25) is 14.3 Å². The molecule has 26 heavy (non-hydrogen) atoms. The standard InChI is InChI=1S/C19H24N4O3/c1-12-7-13(2)23(19(26)21-12)11-18(25)22-17(15-9-16(24)10-15)8-14-3-5-20-6-4-14/h3-7,15-17,24H,8-11H2,1-2H3,(H,22,25)/t15?,16?,17-/m0/s1. The second-order valence-corrected chi connectivity index (χ2v) is 7.03. The fourth-order valence-corrected chi connectivity index (χ4v) is 3.43. The third-order valence-corrected chi connectivity index (χ3v) is 4.92. The van der Waals surface area contributed by atoms with Crippen LogP contribution in [0.25, 0.3) is 0 Å². The molecule has 1 amide bonds. The molecular weight excluding hydrogens is 332 g/mol. The number of aliphatic hydroxyl groups is 1. The van der Waals surface area contributed by atoms with Crippen molar-refractivity contribution in [2.24, 2.45) is 5.92 Å².